The van der Waals surface area contributed by atoms with Gasteiger partial charge >= 0.3 is 0 Å². The number of carbonyl (C=O) groups excluding carboxylic acids is 1. The fraction of sp³-hybridized carbons (Fsp3) is 0.562. The second-order valence-corrected chi connectivity index (χ2v) is 6.97. The number of fused-ring (bicyclic) bond motifs is 1. The van der Waals surface area contributed by atoms with Crippen molar-refractivity contribution in [3.8, 4) is 0 Å². The molecule has 1 aromatic carbocycles. The van der Waals surface area contributed by atoms with E-state index in [0.29, 0.717) is 12.1 Å². The molecule has 4 heteroatoms. The molecule has 20 heavy (non-hydrogen) atoms. The molecule has 0 saturated carbocycles. The van der Waals surface area contributed by atoms with E-state index in [0.717, 1.165) is 28.7 Å². The quantitative estimate of drug-likeness (QED) is 0.786. The number of hydrogen-bond donors (Lipinski definition) is 0. The van der Waals surface area contributed by atoms with E-state index in [1.54, 1.807) is 0 Å². The molecule has 0 bridgehead atoms. The fourth-order valence-corrected chi connectivity index (χ4v) is 3.81. The van der Waals surface area contributed by atoms with Gasteiger partial charge in [-0.1, -0.05) is 22.0 Å². The highest BCUT2D eigenvalue weighted by Gasteiger charge is 2.36. The van der Waals surface area contributed by atoms with Crippen molar-refractivity contribution in [3.63, 3.8) is 0 Å². The van der Waals surface area contributed by atoms with Crippen LogP contribution in [0.1, 0.15) is 35.7 Å². The van der Waals surface area contributed by atoms with Gasteiger partial charge in [-0.25, -0.2) is 0 Å². The molecule has 2 atom stereocenters. The summed E-state index contributed by atoms with van der Waals surface area (Å²) < 4.78 is 0.971. The monoisotopic (exact) mass is 336 g/mol. The van der Waals surface area contributed by atoms with Crippen molar-refractivity contribution in [2.75, 3.05) is 19.6 Å². The van der Waals surface area contributed by atoms with Gasteiger partial charge in [0.25, 0.3) is 5.91 Å². The van der Waals surface area contributed by atoms with E-state index in [2.05, 4.69) is 32.7 Å². The van der Waals surface area contributed by atoms with Crippen LogP contribution in [0.25, 0.3) is 0 Å². The van der Waals surface area contributed by atoms with Gasteiger partial charge in [0, 0.05) is 35.2 Å². The van der Waals surface area contributed by atoms with Crippen LogP contribution in [0.15, 0.2) is 22.7 Å². The minimum atomic E-state index is 0.183. The maximum Gasteiger partial charge on any atom is 0.254 e. The summed E-state index contributed by atoms with van der Waals surface area (Å²) in [7, 11) is 0. The van der Waals surface area contributed by atoms with Crippen molar-refractivity contribution < 1.29 is 4.79 Å². The highest BCUT2D eigenvalue weighted by Crippen LogP contribution is 2.27. The second-order valence-electron chi connectivity index (χ2n) is 6.06. The molecule has 0 N–H and O–H groups in total. The van der Waals surface area contributed by atoms with Crippen LogP contribution >= 0.6 is 15.9 Å². The fourth-order valence-electron chi connectivity index (χ4n) is 3.45. The van der Waals surface area contributed by atoms with Gasteiger partial charge in [-0.15, -0.1) is 0 Å². The number of amides is 1. The van der Waals surface area contributed by atoms with Gasteiger partial charge in [0.15, 0.2) is 0 Å². The summed E-state index contributed by atoms with van der Waals surface area (Å²) in [6.45, 7) is 7.28. The molecule has 0 spiro atoms. The van der Waals surface area contributed by atoms with Crippen molar-refractivity contribution in [1.82, 2.24) is 9.80 Å². The van der Waals surface area contributed by atoms with Crippen molar-refractivity contribution in [2.24, 2.45) is 0 Å². The molecule has 1 amide bonds. The minimum absolute atomic E-state index is 0.183. The van der Waals surface area contributed by atoms with Crippen molar-refractivity contribution >= 4 is 21.8 Å². The van der Waals surface area contributed by atoms with Crippen molar-refractivity contribution in [2.45, 2.75) is 38.8 Å². The molecule has 0 aromatic heterocycles. The van der Waals surface area contributed by atoms with E-state index in [4.69, 9.17) is 0 Å². The van der Waals surface area contributed by atoms with Crippen LogP contribution in [0.3, 0.4) is 0 Å². The lowest BCUT2D eigenvalue weighted by Gasteiger charge is -2.42. The molecule has 0 radical (unpaired) electrons. The summed E-state index contributed by atoms with van der Waals surface area (Å²) in [6.07, 6.45) is 2.50. The molecular formula is C16H21BrN2O. The van der Waals surface area contributed by atoms with Crippen molar-refractivity contribution in [3.05, 3.63) is 33.8 Å². The summed E-state index contributed by atoms with van der Waals surface area (Å²) in [5, 5.41) is 0. The average molecular weight is 337 g/mol. The Morgan fingerprint density at radius 1 is 1.35 bits per heavy atom. The third-order valence-electron chi connectivity index (χ3n) is 4.63. The summed E-state index contributed by atoms with van der Waals surface area (Å²) in [5.41, 5.74) is 1.89. The smallest absolute Gasteiger partial charge is 0.254 e. The summed E-state index contributed by atoms with van der Waals surface area (Å²) in [4.78, 5) is 17.5. The Labute approximate surface area is 129 Å². The highest BCUT2D eigenvalue weighted by molar-refractivity contribution is 9.10. The van der Waals surface area contributed by atoms with Gasteiger partial charge in [-0.3, -0.25) is 9.69 Å². The number of piperazine rings is 1. The Hall–Kier alpha value is -0.870. The first kappa shape index (κ1) is 14.1. The Kier molecular flexibility index (Phi) is 3.87. The zero-order chi connectivity index (χ0) is 14.3. The van der Waals surface area contributed by atoms with E-state index in [9.17, 15) is 4.79 Å². The predicted octanol–water partition coefficient (Wildman–Crippen LogP) is 3.07. The van der Waals surface area contributed by atoms with E-state index < -0.39 is 0 Å². The molecule has 0 aliphatic carbocycles. The first-order chi connectivity index (χ1) is 9.56. The molecule has 3 rings (SSSR count). The lowest BCUT2D eigenvalue weighted by Crippen LogP contribution is -2.56. The SMILES string of the molecule is Cc1ccc(Br)cc1C(=O)N1CC2CCCN2CC1C. The summed E-state index contributed by atoms with van der Waals surface area (Å²) in [5.74, 6) is 0.183. The molecule has 108 valence electrons. The molecule has 1 aromatic rings. The number of carbonyl (C=O) groups is 1. The van der Waals surface area contributed by atoms with Crippen LogP contribution in [-0.4, -0.2) is 47.4 Å². The molecule has 2 aliphatic rings. The maximum atomic E-state index is 12.9. The minimum Gasteiger partial charge on any atom is -0.333 e. The predicted molar refractivity (Wildman–Crippen MR) is 84.0 cm³/mol. The van der Waals surface area contributed by atoms with Crippen LogP contribution in [-0.2, 0) is 0 Å². The van der Waals surface area contributed by atoms with Gasteiger partial charge in [-0.2, -0.15) is 0 Å². The van der Waals surface area contributed by atoms with Gasteiger partial charge in [0.2, 0.25) is 0 Å². The first-order valence-electron chi connectivity index (χ1n) is 7.37. The zero-order valence-electron chi connectivity index (χ0n) is 12.1. The molecule has 3 nitrogen and oxygen atoms in total. The standard InChI is InChI=1S/C16H21BrN2O/c1-11-5-6-13(17)8-15(11)16(20)19-10-14-4-3-7-18(14)9-12(19)2/h5-6,8,12,14H,3-4,7,9-10H2,1-2H3. The van der Waals surface area contributed by atoms with Crippen LogP contribution in [0.2, 0.25) is 0 Å². The van der Waals surface area contributed by atoms with Gasteiger partial charge < -0.3 is 4.90 Å². The second kappa shape index (κ2) is 5.49. The molecular weight excluding hydrogens is 316 g/mol. The van der Waals surface area contributed by atoms with E-state index in [1.807, 2.05) is 25.1 Å². The van der Waals surface area contributed by atoms with Gasteiger partial charge in [-0.05, 0) is 50.9 Å². The maximum absolute atomic E-state index is 12.9. The van der Waals surface area contributed by atoms with E-state index in [-0.39, 0.29) is 5.91 Å². The van der Waals surface area contributed by atoms with Crippen LogP contribution < -0.4 is 0 Å². The number of nitrogens with zero attached hydrogens (tertiary/aromatic N) is 2. The topological polar surface area (TPSA) is 23.6 Å². The normalized spacial score (nSPS) is 26.6. The summed E-state index contributed by atoms with van der Waals surface area (Å²) >= 11 is 3.47. The van der Waals surface area contributed by atoms with Crippen LogP contribution in [0.5, 0.6) is 0 Å². The van der Waals surface area contributed by atoms with Crippen LogP contribution in [0.4, 0.5) is 0 Å². The number of benzene rings is 1. The van der Waals surface area contributed by atoms with E-state index in [1.165, 1.54) is 19.4 Å². The molecule has 2 unspecified atom stereocenters. The lowest BCUT2D eigenvalue weighted by atomic mass is 10.0. The summed E-state index contributed by atoms with van der Waals surface area (Å²) in [6, 6.07) is 6.82. The van der Waals surface area contributed by atoms with E-state index >= 15 is 0 Å². The Morgan fingerprint density at radius 2 is 2.15 bits per heavy atom. The number of halogens is 1. The lowest BCUT2D eigenvalue weighted by molar-refractivity contribution is 0.0395. The van der Waals surface area contributed by atoms with Crippen LogP contribution in [0, 0.1) is 6.92 Å². The molecule has 2 fully saturated rings. The largest absolute Gasteiger partial charge is 0.333 e. The zero-order valence-corrected chi connectivity index (χ0v) is 13.7. The van der Waals surface area contributed by atoms with Gasteiger partial charge in [0.1, 0.15) is 0 Å². The Morgan fingerprint density at radius 3 is 2.95 bits per heavy atom. The Balaban J connectivity index is 1.84. The Bertz CT molecular complexity index is 531. The first-order valence-corrected chi connectivity index (χ1v) is 8.16. The third-order valence-corrected chi connectivity index (χ3v) is 5.12. The van der Waals surface area contributed by atoms with Gasteiger partial charge in [0.05, 0.1) is 0 Å². The molecule has 2 heterocycles. The number of aryl methyl sites for hydroxylation is 1. The number of rotatable bonds is 1. The average Bonchev–Trinajstić information content (AvgIpc) is 2.87. The number of hydrogen-bond acceptors (Lipinski definition) is 2. The van der Waals surface area contributed by atoms with Crippen molar-refractivity contribution in [1.29, 1.82) is 0 Å². The third kappa shape index (κ3) is 2.51. The molecule has 2 saturated heterocycles. The molecule has 2 aliphatic heterocycles. The highest BCUT2D eigenvalue weighted by atomic mass is 79.9.